The largest absolute Gasteiger partial charge is 0.354 e. The normalized spacial score (nSPS) is 15.8. The molecule has 0 spiro atoms. The van der Waals surface area contributed by atoms with Gasteiger partial charge in [0.1, 0.15) is 0 Å². The van der Waals surface area contributed by atoms with Crippen LogP contribution in [0.25, 0.3) is 0 Å². The number of aliphatic imine (C=N–C) groups is 1. The average molecular weight is 509 g/mol. The Hall–Kier alpha value is -1.94. The van der Waals surface area contributed by atoms with Crippen LogP contribution in [0.5, 0.6) is 0 Å². The van der Waals surface area contributed by atoms with Gasteiger partial charge in [-0.1, -0.05) is 29.8 Å². The lowest BCUT2D eigenvalue weighted by molar-refractivity contribution is 0.292. The summed E-state index contributed by atoms with van der Waals surface area (Å²) >= 11 is 0. The second-order valence-electron chi connectivity index (χ2n) is 7.34. The molecule has 1 aliphatic rings. The predicted molar refractivity (Wildman–Crippen MR) is 130 cm³/mol. The zero-order valence-corrected chi connectivity index (χ0v) is 20.1. The molecule has 1 fully saturated rings. The van der Waals surface area contributed by atoms with Gasteiger partial charge in [-0.25, -0.2) is 9.97 Å². The number of nitrogens with one attached hydrogen (secondary N) is 1. The van der Waals surface area contributed by atoms with E-state index in [0.29, 0.717) is 0 Å². The number of halogens is 1. The molecule has 3 rings (SSSR count). The maximum absolute atomic E-state index is 4.51. The van der Waals surface area contributed by atoms with Gasteiger partial charge in [-0.15, -0.1) is 24.0 Å². The topological polar surface area (TPSA) is 59.9 Å². The molecule has 1 N–H and O–H groups in total. The van der Waals surface area contributed by atoms with E-state index in [1.165, 1.54) is 11.1 Å². The second kappa shape index (κ2) is 11.3. The fraction of sp³-hybridized carbons (Fsp3) is 0.476. The number of rotatable bonds is 5. The smallest absolute Gasteiger partial charge is 0.225 e. The van der Waals surface area contributed by atoms with Crippen molar-refractivity contribution < 1.29 is 0 Å². The molecule has 0 radical (unpaired) electrons. The summed E-state index contributed by atoms with van der Waals surface area (Å²) in [6, 6.07) is 10.9. The highest BCUT2D eigenvalue weighted by atomic mass is 127. The van der Waals surface area contributed by atoms with E-state index >= 15 is 0 Å². The maximum atomic E-state index is 4.51. The van der Waals surface area contributed by atoms with Crippen molar-refractivity contribution in [2.75, 3.05) is 58.8 Å². The van der Waals surface area contributed by atoms with Crippen LogP contribution >= 0.6 is 24.0 Å². The number of aromatic nitrogens is 2. The fourth-order valence-electron chi connectivity index (χ4n) is 3.48. The average Bonchev–Trinajstić information content (AvgIpc) is 2.73. The summed E-state index contributed by atoms with van der Waals surface area (Å²) in [7, 11) is 6.09. The number of likely N-dealkylation sites (N-methyl/N-ethyl adjacent to an activating group) is 1. The third-order valence-corrected chi connectivity index (χ3v) is 5.16. The molecule has 0 aliphatic carbocycles. The standard InChI is InChI=1S/C21H31N7.HI/c1-17-6-8-18(9-7-17)19(26(3)4)16-25-20(22-2)27-12-14-28(15-13-27)21-23-10-5-11-24-21;/h5-11,19H,12-16H2,1-4H3,(H,22,25);1H. The molecule has 29 heavy (non-hydrogen) atoms. The zero-order chi connectivity index (χ0) is 19.9. The Balaban J connectivity index is 0.00000300. The van der Waals surface area contributed by atoms with Crippen LogP contribution in [0.15, 0.2) is 47.7 Å². The third-order valence-electron chi connectivity index (χ3n) is 5.16. The Morgan fingerprint density at radius 2 is 1.72 bits per heavy atom. The van der Waals surface area contributed by atoms with Gasteiger partial charge in [-0.05, 0) is 32.6 Å². The Labute approximate surface area is 191 Å². The fourth-order valence-corrected chi connectivity index (χ4v) is 3.48. The van der Waals surface area contributed by atoms with Gasteiger partial charge >= 0.3 is 0 Å². The van der Waals surface area contributed by atoms with E-state index < -0.39 is 0 Å². The molecule has 1 aromatic heterocycles. The van der Waals surface area contributed by atoms with E-state index in [4.69, 9.17) is 0 Å². The van der Waals surface area contributed by atoms with Crippen LogP contribution in [-0.2, 0) is 0 Å². The molecule has 1 aromatic carbocycles. The van der Waals surface area contributed by atoms with Crippen molar-refractivity contribution in [2.24, 2.45) is 4.99 Å². The van der Waals surface area contributed by atoms with Crippen LogP contribution in [0.1, 0.15) is 17.2 Å². The van der Waals surface area contributed by atoms with E-state index in [0.717, 1.165) is 44.6 Å². The Morgan fingerprint density at radius 3 is 2.28 bits per heavy atom. The molecular formula is C21H32IN7. The van der Waals surface area contributed by atoms with Crippen LogP contribution in [0.2, 0.25) is 0 Å². The van der Waals surface area contributed by atoms with E-state index in [1.54, 1.807) is 12.4 Å². The Morgan fingerprint density at radius 1 is 1.10 bits per heavy atom. The molecule has 2 aromatic rings. The van der Waals surface area contributed by atoms with Crippen molar-refractivity contribution in [2.45, 2.75) is 13.0 Å². The SMILES string of the molecule is CN=C(NCC(c1ccc(C)cc1)N(C)C)N1CCN(c2ncccn2)CC1.I. The minimum absolute atomic E-state index is 0. The second-order valence-corrected chi connectivity index (χ2v) is 7.34. The van der Waals surface area contributed by atoms with Crippen LogP contribution in [0, 0.1) is 6.92 Å². The highest BCUT2D eigenvalue weighted by molar-refractivity contribution is 14.0. The molecule has 1 atom stereocenters. The minimum Gasteiger partial charge on any atom is -0.354 e. The summed E-state index contributed by atoms with van der Waals surface area (Å²) in [4.78, 5) is 20.0. The molecule has 8 heteroatoms. The Bertz CT molecular complexity index is 756. The van der Waals surface area contributed by atoms with Crippen molar-refractivity contribution in [3.8, 4) is 0 Å². The molecule has 7 nitrogen and oxygen atoms in total. The van der Waals surface area contributed by atoms with Gasteiger partial charge in [0.15, 0.2) is 5.96 Å². The van der Waals surface area contributed by atoms with E-state index in [2.05, 4.69) is 80.3 Å². The van der Waals surface area contributed by atoms with Crippen molar-refractivity contribution >= 4 is 35.9 Å². The Kier molecular flexibility index (Phi) is 9.09. The van der Waals surface area contributed by atoms with Crippen molar-refractivity contribution in [3.05, 3.63) is 53.9 Å². The summed E-state index contributed by atoms with van der Waals surface area (Å²) in [5.74, 6) is 1.75. The third kappa shape index (κ3) is 6.27. The van der Waals surface area contributed by atoms with Crippen LogP contribution in [-0.4, -0.2) is 79.6 Å². The minimum atomic E-state index is 0. The molecule has 1 aliphatic heterocycles. The van der Waals surface area contributed by atoms with Gasteiger partial charge in [0.2, 0.25) is 5.95 Å². The van der Waals surface area contributed by atoms with Gasteiger partial charge in [-0.3, -0.25) is 4.99 Å². The number of aryl methyl sites for hydroxylation is 1. The monoisotopic (exact) mass is 509 g/mol. The first-order valence-corrected chi connectivity index (χ1v) is 9.79. The number of benzene rings is 1. The summed E-state index contributed by atoms with van der Waals surface area (Å²) in [6.07, 6.45) is 3.59. The lowest BCUT2D eigenvalue weighted by Crippen LogP contribution is -2.53. The van der Waals surface area contributed by atoms with Crippen molar-refractivity contribution in [3.63, 3.8) is 0 Å². The molecule has 0 saturated carbocycles. The first-order valence-electron chi connectivity index (χ1n) is 9.79. The van der Waals surface area contributed by atoms with Gasteiger partial charge in [0, 0.05) is 52.2 Å². The summed E-state index contributed by atoms with van der Waals surface area (Å²) in [6.45, 7) is 6.50. The van der Waals surface area contributed by atoms with Crippen molar-refractivity contribution in [1.82, 2.24) is 25.1 Å². The zero-order valence-electron chi connectivity index (χ0n) is 17.7. The summed E-state index contributed by atoms with van der Waals surface area (Å²) in [5.41, 5.74) is 2.59. The molecule has 1 saturated heterocycles. The van der Waals surface area contributed by atoms with Gasteiger partial charge < -0.3 is 20.0 Å². The lowest BCUT2D eigenvalue weighted by Gasteiger charge is -2.37. The van der Waals surface area contributed by atoms with E-state index in [9.17, 15) is 0 Å². The van der Waals surface area contributed by atoms with Gasteiger partial charge in [0.05, 0.1) is 6.04 Å². The van der Waals surface area contributed by atoms with Crippen LogP contribution in [0.3, 0.4) is 0 Å². The number of nitrogens with zero attached hydrogens (tertiary/aromatic N) is 6. The van der Waals surface area contributed by atoms with Crippen LogP contribution < -0.4 is 10.2 Å². The number of anilines is 1. The molecule has 0 amide bonds. The number of guanidine groups is 1. The van der Waals surface area contributed by atoms with Crippen LogP contribution in [0.4, 0.5) is 5.95 Å². The van der Waals surface area contributed by atoms with E-state index in [-0.39, 0.29) is 30.0 Å². The number of hydrogen-bond donors (Lipinski definition) is 1. The van der Waals surface area contributed by atoms with Gasteiger partial charge in [-0.2, -0.15) is 0 Å². The number of piperazine rings is 1. The maximum Gasteiger partial charge on any atom is 0.225 e. The predicted octanol–water partition coefficient (Wildman–Crippen LogP) is 2.40. The molecule has 0 bridgehead atoms. The molecular weight excluding hydrogens is 477 g/mol. The lowest BCUT2D eigenvalue weighted by atomic mass is 10.0. The first-order chi connectivity index (χ1) is 13.6. The molecule has 2 heterocycles. The number of hydrogen-bond acceptors (Lipinski definition) is 5. The molecule has 158 valence electrons. The highest BCUT2D eigenvalue weighted by Gasteiger charge is 2.22. The summed E-state index contributed by atoms with van der Waals surface area (Å²) < 4.78 is 0. The quantitative estimate of drug-likeness (QED) is 0.380. The highest BCUT2D eigenvalue weighted by Crippen LogP contribution is 2.18. The van der Waals surface area contributed by atoms with Crippen molar-refractivity contribution in [1.29, 1.82) is 0 Å². The van der Waals surface area contributed by atoms with Gasteiger partial charge in [0.25, 0.3) is 0 Å². The first kappa shape index (κ1) is 23.3. The van der Waals surface area contributed by atoms with E-state index in [1.807, 2.05) is 13.1 Å². The summed E-state index contributed by atoms with van der Waals surface area (Å²) in [5, 5.41) is 3.57. The molecule has 1 unspecified atom stereocenters.